The van der Waals surface area contributed by atoms with Crippen LogP contribution in [0.2, 0.25) is 5.02 Å². The van der Waals surface area contributed by atoms with Crippen molar-refractivity contribution >= 4 is 34.0 Å². The van der Waals surface area contributed by atoms with Crippen LogP contribution in [0.25, 0.3) is 33.7 Å². The fraction of sp³-hybridized carbons (Fsp3) is 0. The van der Waals surface area contributed by atoms with E-state index in [2.05, 4.69) is 15.1 Å². The molecule has 4 heterocycles. The molecular weight excluding hydrogens is 396 g/mol. The summed E-state index contributed by atoms with van der Waals surface area (Å²) in [5.74, 6) is 1.70. The van der Waals surface area contributed by atoms with E-state index in [1.54, 1.807) is 42.7 Å². The van der Waals surface area contributed by atoms with E-state index >= 15 is 0 Å². The first-order valence-corrected chi connectivity index (χ1v) is 9.55. The molecule has 4 aromatic heterocycles. The largest absolute Gasteiger partial charge is 0.457 e. The van der Waals surface area contributed by atoms with Gasteiger partial charge in [-0.3, -0.25) is 9.78 Å². The van der Waals surface area contributed by atoms with Crippen molar-refractivity contribution in [2.45, 2.75) is 0 Å². The predicted octanol–water partition coefficient (Wildman–Crippen LogP) is 3.67. The normalized spacial score (nSPS) is 12.1. The Balaban J connectivity index is 1.54. The van der Waals surface area contributed by atoms with Crippen molar-refractivity contribution in [1.29, 1.82) is 0 Å². The highest BCUT2D eigenvalue weighted by Crippen LogP contribution is 2.29. The highest BCUT2D eigenvalue weighted by Gasteiger charge is 2.13. The van der Waals surface area contributed by atoms with Crippen LogP contribution in [0.1, 0.15) is 5.76 Å². The number of thiazole rings is 1. The van der Waals surface area contributed by atoms with E-state index in [4.69, 9.17) is 16.0 Å². The summed E-state index contributed by atoms with van der Waals surface area (Å²) in [5.41, 5.74) is 1.38. The summed E-state index contributed by atoms with van der Waals surface area (Å²) in [6.45, 7) is 0. The zero-order chi connectivity index (χ0) is 19.1. The van der Waals surface area contributed by atoms with E-state index in [0.29, 0.717) is 31.9 Å². The minimum absolute atomic E-state index is 0.233. The summed E-state index contributed by atoms with van der Waals surface area (Å²) >= 11 is 7.48. The van der Waals surface area contributed by atoms with E-state index in [1.165, 1.54) is 15.9 Å². The molecule has 0 aliphatic carbocycles. The molecule has 0 aliphatic heterocycles. The standard InChI is InChI=1S/C20H11ClN4O2S/c21-15-4-2-1-3-14(15)16-6-5-13(27-16)11-17-19(26)25-20(28-17)23-18(24-25)12-7-9-22-10-8-12/h1-11H. The molecule has 0 amide bonds. The first kappa shape index (κ1) is 16.9. The first-order valence-electron chi connectivity index (χ1n) is 8.35. The molecule has 0 saturated heterocycles. The fourth-order valence-electron chi connectivity index (χ4n) is 2.82. The third-order valence-corrected chi connectivity index (χ3v) is 5.45. The van der Waals surface area contributed by atoms with Gasteiger partial charge in [0.05, 0.1) is 5.02 Å². The van der Waals surface area contributed by atoms with Crippen LogP contribution < -0.4 is 10.1 Å². The maximum Gasteiger partial charge on any atom is 0.291 e. The van der Waals surface area contributed by atoms with E-state index in [0.717, 1.165) is 11.1 Å². The van der Waals surface area contributed by atoms with Gasteiger partial charge in [0.25, 0.3) is 5.56 Å². The van der Waals surface area contributed by atoms with Crippen LogP contribution in [0.5, 0.6) is 0 Å². The maximum absolute atomic E-state index is 12.7. The lowest BCUT2D eigenvalue weighted by Gasteiger charge is -1.98. The Labute approximate surface area is 167 Å². The summed E-state index contributed by atoms with van der Waals surface area (Å²) in [7, 11) is 0. The zero-order valence-electron chi connectivity index (χ0n) is 14.2. The van der Waals surface area contributed by atoms with Gasteiger partial charge in [-0.25, -0.2) is 0 Å². The average molecular weight is 407 g/mol. The van der Waals surface area contributed by atoms with Crippen LogP contribution in [-0.2, 0) is 0 Å². The summed E-state index contributed by atoms with van der Waals surface area (Å²) in [4.78, 5) is 21.6. The second-order valence-electron chi connectivity index (χ2n) is 5.96. The fourth-order valence-corrected chi connectivity index (χ4v) is 3.94. The van der Waals surface area contributed by atoms with Gasteiger partial charge in [0.15, 0.2) is 5.82 Å². The maximum atomic E-state index is 12.7. The summed E-state index contributed by atoms with van der Waals surface area (Å²) < 4.78 is 7.65. The monoisotopic (exact) mass is 406 g/mol. The van der Waals surface area contributed by atoms with Gasteiger partial charge >= 0.3 is 0 Å². The smallest absolute Gasteiger partial charge is 0.291 e. The molecule has 0 fully saturated rings. The SMILES string of the molecule is O=c1c(=Cc2ccc(-c3ccccc3Cl)o2)sc2nc(-c3ccncc3)nn12. The number of fused-ring (bicyclic) bond motifs is 1. The average Bonchev–Trinajstić information content (AvgIpc) is 3.41. The minimum Gasteiger partial charge on any atom is -0.457 e. The van der Waals surface area contributed by atoms with Gasteiger partial charge in [-0.2, -0.15) is 9.50 Å². The molecule has 0 saturated carbocycles. The number of benzene rings is 1. The van der Waals surface area contributed by atoms with Crippen molar-refractivity contribution in [1.82, 2.24) is 19.6 Å². The van der Waals surface area contributed by atoms with Gasteiger partial charge in [-0.15, -0.1) is 5.10 Å². The Morgan fingerprint density at radius 2 is 1.89 bits per heavy atom. The molecule has 28 heavy (non-hydrogen) atoms. The highest BCUT2D eigenvalue weighted by atomic mass is 35.5. The van der Waals surface area contributed by atoms with Gasteiger partial charge in [-0.05, 0) is 36.4 Å². The molecule has 0 unspecified atom stereocenters. The molecule has 0 radical (unpaired) electrons. The van der Waals surface area contributed by atoms with Crippen LogP contribution >= 0.6 is 22.9 Å². The first-order chi connectivity index (χ1) is 13.7. The summed E-state index contributed by atoms with van der Waals surface area (Å²) in [6.07, 6.45) is 5.01. The van der Waals surface area contributed by atoms with Crippen molar-refractivity contribution in [3.05, 3.63) is 86.6 Å². The van der Waals surface area contributed by atoms with E-state index < -0.39 is 0 Å². The molecule has 0 atom stereocenters. The quantitative estimate of drug-likeness (QED) is 0.457. The number of aromatic nitrogens is 4. The summed E-state index contributed by atoms with van der Waals surface area (Å²) in [6, 6.07) is 14.7. The summed E-state index contributed by atoms with van der Waals surface area (Å²) in [5, 5.41) is 4.92. The van der Waals surface area contributed by atoms with Crippen LogP contribution in [0.3, 0.4) is 0 Å². The lowest BCUT2D eigenvalue weighted by atomic mass is 10.2. The third-order valence-electron chi connectivity index (χ3n) is 4.16. The number of hydrogen-bond donors (Lipinski definition) is 0. The molecule has 136 valence electrons. The Hall–Kier alpha value is -3.29. The van der Waals surface area contributed by atoms with Gasteiger partial charge < -0.3 is 4.42 Å². The van der Waals surface area contributed by atoms with Crippen molar-refractivity contribution in [3.63, 3.8) is 0 Å². The van der Waals surface area contributed by atoms with Crippen molar-refractivity contribution in [2.75, 3.05) is 0 Å². The van der Waals surface area contributed by atoms with Gasteiger partial charge in [0, 0.05) is 29.6 Å². The number of halogens is 1. The van der Waals surface area contributed by atoms with Crippen molar-refractivity contribution in [3.8, 4) is 22.7 Å². The molecule has 1 aromatic carbocycles. The second kappa shape index (κ2) is 6.70. The van der Waals surface area contributed by atoms with Gasteiger partial charge in [0.1, 0.15) is 16.1 Å². The minimum atomic E-state index is -0.233. The molecule has 0 aliphatic rings. The van der Waals surface area contributed by atoms with Crippen molar-refractivity contribution in [2.24, 2.45) is 0 Å². The molecule has 0 N–H and O–H groups in total. The number of nitrogens with zero attached hydrogens (tertiary/aromatic N) is 4. The molecule has 6 nitrogen and oxygen atoms in total. The molecule has 5 rings (SSSR count). The third kappa shape index (κ3) is 2.90. The number of hydrogen-bond acceptors (Lipinski definition) is 6. The van der Waals surface area contributed by atoms with E-state index in [1.807, 2.05) is 24.3 Å². The lowest BCUT2D eigenvalue weighted by molar-refractivity contribution is 0.571. The van der Waals surface area contributed by atoms with E-state index in [9.17, 15) is 4.79 Å². The van der Waals surface area contributed by atoms with Crippen LogP contribution in [-0.4, -0.2) is 19.6 Å². The Bertz CT molecular complexity index is 1410. The van der Waals surface area contributed by atoms with Gasteiger partial charge in [0.2, 0.25) is 4.96 Å². The van der Waals surface area contributed by atoms with Gasteiger partial charge in [-0.1, -0.05) is 35.1 Å². The van der Waals surface area contributed by atoms with Crippen LogP contribution in [0, 0.1) is 0 Å². The molecular formula is C20H11ClN4O2S. The predicted molar refractivity (Wildman–Crippen MR) is 108 cm³/mol. The van der Waals surface area contributed by atoms with Crippen LogP contribution in [0.4, 0.5) is 0 Å². The number of rotatable bonds is 3. The topological polar surface area (TPSA) is 73.3 Å². The highest BCUT2D eigenvalue weighted by molar-refractivity contribution is 7.15. The molecule has 0 bridgehead atoms. The second-order valence-corrected chi connectivity index (χ2v) is 7.38. The Morgan fingerprint density at radius 3 is 2.68 bits per heavy atom. The number of furan rings is 1. The van der Waals surface area contributed by atoms with Crippen molar-refractivity contribution < 1.29 is 4.42 Å². The molecule has 0 spiro atoms. The molecule has 5 aromatic rings. The van der Waals surface area contributed by atoms with E-state index in [-0.39, 0.29) is 5.56 Å². The zero-order valence-corrected chi connectivity index (χ0v) is 15.8. The van der Waals surface area contributed by atoms with Crippen LogP contribution in [0.15, 0.2) is 70.1 Å². The Kier molecular flexibility index (Phi) is 4.03. The molecule has 8 heteroatoms. The Morgan fingerprint density at radius 1 is 1.07 bits per heavy atom. The number of pyridine rings is 1. The lowest BCUT2D eigenvalue weighted by Crippen LogP contribution is -2.23.